The second-order valence-corrected chi connectivity index (χ2v) is 8.52. The zero-order valence-electron chi connectivity index (χ0n) is 17.9. The molecule has 0 aliphatic carbocycles. The number of imide groups is 1. The molecular weight excluding hydrogens is 442 g/mol. The summed E-state index contributed by atoms with van der Waals surface area (Å²) in [6, 6.07) is 16.3. The van der Waals surface area contributed by atoms with E-state index < -0.39 is 0 Å². The molecule has 2 aliphatic heterocycles. The van der Waals surface area contributed by atoms with Gasteiger partial charge in [-0.2, -0.15) is 0 Å². The maximum absolute atomic E-state index is 12.5. The van der Waals surface area contributed by atoms with Crippen LogP contribution in [0.25, 0.3) is 6.08 Å². The number of nitrogens with one attached hydrogen (secondary N) is 1. The van der Waals surface area contributed by atoms with Gasteiger partial charge in [0.05, 0.1) is 4.91 Å². The molecule has 170 valence electrons. The molecule has 8 nitrogen and oxygen atoms in total. The highest BCUT2D eigenvalue weighted by molar-refractivity contribution is 8.18. The molecule has 0 atom stereocenters. The first kappa shape index (κ1) is 22.6. The summed E-state index contributed by atoms with van der Waals surface area (Å²) in [6.07, 6.45) is 3.10. The zero-order chi connectivity index (χ0) is 23.2. The van der Waals surface area contributed by atoms with Crippen molar-refractivity contribution >= 4 is 46.5 Å². The minimum absolute atomic E-state index is 0.0844. The highest BCUT2D eigenvalue weighted by Gasteiger charge is 2.34. The number of carbonyl (C=O) groups excluding carboxylic acids is 4. The first-order valence-corrected chi connectivity index (χ1v) is 11.4. The fourth-order valence-corrected chi connectivity index (χ4v) is 4.41. The summed E-state index contributed by atoms with van der Waals surface area (Å²) >= 11 is 0.890. The number of rotatable bonds is 8. The van der Waals surface area contributed by atoms with Gasteiger partial charge in [-0.3, -0.25) is 24.1 Å². The van der Waals surface area contributed by atoms with Crippen LogP contribution in [0.5, 0.6) is 5.75 Å². The first-order chi connectivity index (χ1) is 16.0. The monoisotopic (exact) mass is 465 g/mol. The zero-order valence-corrected chi connectivity index (χ0v) is 18.7. The van der Waals surface area contributed by atoms with Crippen LogP contribution in [-0.4, -0.2) is 54.1 Å². The van der Waals surface area contributed by atoms with Crippen molar-refractivity contribution in [3.8, 4) is 5.75 Å². The Kier molecular flexibility index (Phi) is 7.09. The average Bonchev–Trinajstić information content (AvgIpc) is 3.36. The maximum Gasteiger partial charge on any atom is 0.293 e. The third-order valence-electron chi connectivity index (χ3n) is 5.22. The molecule has 0 radical (unpaired) electrons. The van der Waals surface area contributed by atoms with Gasteiger partial charge in [0.2, 0.25) is 5.91 Å². The predicted octanol–water partition coefficient (Wildman–Crippen LogP) is 3.04. The summed E-state index contributed by atoms with van der Waals surface area (Å²) in [5.74, 6) is -0.104. The number of benzene rings is 2. The van der Waals surface area contributed by atoms with Crippen molar-refractivity contribution < 1.29 is 23.9 Å². The van der Waals surface area contributed by atoms with E-state index in [2.05, 4.69) is 5.32 Å². The van der Waals surface area contributed by atoms with Crippen LogP contribution in [0.4, 0.5) is 10.5 Å². The van der Waals surface area contributed by atoms with E-state index in [1.165, 1.54) is 0 Å². The van der Waals surface area contributed by atoms with Crippen LogP contribution < -0.4 is 15.0 Å². The van der Waals surface area contributed by atoms with Crippen molar-refractivity contribution in [3.63, 3.8) is 0 Å². The van der Waals surface area contributed by atoms with Crippen LogP contribution in [-0.2, 0) is 14.4 Å². The van der Waals surface area contributed by atoms with E-state index in [1.807, 2.05) is 30.3 Å². The molecule has 2 aromatic rings. The lowest BCUT2D eigenvalue weighted by Gasteiger charge is -2.16. The molecule has 0 spiro atoms. The lowest BCUT2D eigenvalue weighted by Crippen LogP contribution is -2.38. The van der Waals surface area contributed by atoms with Gasteiger partial charge in [-0.1, -0.05) is 30.3 Å². The molecule has 9 heteroatoms. The molecule has 33 heavy (non-hydrogen) atoms. The lowest BCUT2D eigenvalue weighted by molar-refractivity contribution is -0.125. The second-order valence-electron chi connectivity index (χ2n) is 7.53. The number of hydrogen-bond acceptors (Lipinski definition) is 6. The van der Waals surface area contributed by atoms with Gasteiger partial charge < -0.3 is 15.0 Å². The molecule has 0 unspecified atom stereocenters. The van der Waals surface area contributed by atoms with Gasteiger partial charge in [-0.15, -0.1) is 0 Å². The summed E-state index contributed by atoms with van der Waals surface area (Å²) < 4.78 is 5.48. The summed E-state index contributed by atoms with van der Waals surface area (Å²) in [5.41, 5.74) is 1.65. The van der Waals surface area contributed by atoms with E-state index in [1.54, 1.807) is 35.2 Å². The van der Waals surface area contributed by atoms with Crippen LogP contribution in [0.15, 0.2) is 59.5 Å². The number of nitrogens with zero attached hydrogens (tertiary/aromatic N) is 2. The van der Waals surface area contributed by atoms with Crippen molar-refractivity contribution in [2.45, 2.75) is 12.8 Å². The van der Waals surface area contributed by atoms with Crippen LogP contribution in [0, 0.1) is 0 Å². The Balaban J connectivity index is 1.21. The highest BCUT2D eigenvalue weighted by Crippen LogP contribution is 2.31. The van der Waals surface area contributed by atoms with Gasteiger partial charge in [0.15, 0.2) is 6.61 Å². The SMILES string of the molecule is O=C(COc1ccc(N2CCCC2=O)cc1)NCCN1C(=O)S/C(=C\c2ccccc2)C1=O. The molecule has 4 amide bonds. The molecule has 0 saturated carbocycles. The minimum Gasteiger partial charge on any atom is -0.484 e. The van der Waals surface area contributed by atoms with E-state index in [0.29, 0.717) is 23.6 Å². The molecule has 2 heterocycles. The van der Waals surface area contributed by atoms with Gasteiger partial charge in [-0.05, 0) is 54.1 Å². The topological polar surface area (TPSA) is 96.0 Å². The van der Waals surface area contributed by atoms with Crippen molar-refractivity contribution in [2.24, 2.45) is 0 Å². The third-order valence-corrected chi connectivity index (χ3v) is 6.13. The first-order valence-electron chi connectivity index (χ1n) is 10.6. The normalized spacial score (nSPS) is 17.2. The summed E-state index contributed by atoms with van der Waals surface area (Å²) in [4.78, 5) is 51.8. The Hall–Kier alpha value is -3.59. The largest absolute Gasteiger partial charge is 0.484 e. The molecule has 0 bridgehead atoms. The second kappa shape index (κ2) is 10.4. The third kappa shape index (κ3) is 5.61. The van der Waals surface area contributed by atoms with Crippen LogP contribution in [0.3, 0.4) is 0 Å². The fourth-order valence-electron chi connectivity index (χ4n) is 3.54. The predicted molar refractivity (Wildman–Crippen MR) is 126 cm³/mol. The molecule has 2 fully saturated rings. The number of hydrogen-bond donors (Lipinski definition) is 1. The maximum atomic E-state index is 12.5. The number of thioether (sulfide) groups is 1. The van der Waals surface area contributed by atoms with Crippen molar-refractivity contribution in [3.05, 3.63) is 65.1 Å². The molecule has 2 saturated heterocycles. The van der Waals surface area contributed by atoms with Crippen LogP contribution >= 0.6 is 11.8 Å². The Morgan fingerprint density at radius 3 is 2.52 bits per heavy atom. The van der Waals surface area contributed by atoms with E-state index in [4.69, 9.17) is 4.74 Å². The Bertz CT molecular complexity index is 1090. The average molecular weight is 466 g/mol. The minimum atomic E-state index is -0.365. The molecule has 2 aliphatic rings. The van der Waals surface area contributed by atoms with Gasteiger partial charge in [-0.25, -0.2) is 0 Å². The van der Waals surface area contributed by atoms with Gasteiger partial charge in [0.1, 0.15) is 5.75 Å². The Labute approximate surface area is 195 Å². The van der Waals surface area contributed by atoms with Gasteiger partial charge in [0.25, 0.3) is 17.1 Å². The summed E-state index contributed by atoms with van der Waals surface area (Å²) in [7, 11) is 0. The molecule has 1 N–H and O–H groups in total. The summed E-state index contributed by atoms with van der Waals surface area (Å²) in [6.45, 7) is 0.735. The quantitative estimate of drug-likeness (QED) is 0.602. The standard InChI is InChI=1S/C24H23N3O5S/c28-21(16-32-19-10-8-18(9-11-19)26-13-4-7-22(26)29)25-12-14-27-23(30)20(33-24(27)31)15-17-5-2-1-3-6-17/h1-3,5-6,8-11,15H,4,7,12-14,16H2,(H,25,28)/b20-15-. The van der Waals surface area contributed by atoms with Gasteiger partial charge >= 0.3 is 0 Å². The van der Waals surface area contributed by atoms with Crippen molar-refractivity contribution in [2.75, 3.05) is 31.1 Å². The smallest absolute Gasteiger partial charge is 0.293 e. The number of ether oxygens (including phenoxy) is 1. The van der Waals surface area contributed by atoms with E-state index in [9.17, 15) is 19.2 Å². The number of anilines is 1. The van der Waals surface area contributed by atoms with Crippen LogP contribution in [0.1, 0.15) is 18.4 Å². The van der Waals surface area contributed by atoms with E-state index in [-0.39, 0.29) is 42.7 Å². The number of amides is 4. The molecular formula is C24H23N3O5S. The van der Waals surface area contributed by atoms with Crippen molar-refractivity contribution in [1.29, 1.82) is 0 Å². The lowest BCUT2D eigenvalue weighted by atomic mass is 10.2. The fraction of sp³-hybridized carbons (Fsp3) is 0.250. The Morgan fingerprint density at radius 1 is 1.06 bits per heavy atom. The van der Waals surface area contributed by atoms with Crippen LogP contribution in [0.2, 0.25) is 0 Å². The van der Waals surface area contributed by atoms with E-state index in [0.717, 1.165) is 34.3 Å². The molecule has 2 aromatic carbocycles. The van der Waals surface area contributed by atoms with Crippen molar-refractivity contribution in [1.82, 2.24) is 10.2 Å². The molecule has 0 aromatic heterocycles. The van der Waals surface area contributed by atoms with E-state index >= 15 is 0 Å². The Morgan fingerprint density at radius 2 is 1.82 bits per heavy atom. The van der Waals surface area contributed by atoms with Gasteiger partial charge in [0, 0.05) is 31.7 Å². The summed E-state index contributed by atoms with van der Waals surface area (Å²) in [5, 5.41) is 2.30. The number of carbonyl (C=O) groups is 4. The molecule has 4 rings (SSSR count). The highest BCUT2D eigenvalue weighted by atomic mass is 32.2.